The fourth-order valence-corrected chi connectivity index (χ4v) is 4.70. The van der Waals surface area contributed by atoms with E-state index < -0.39 is 0 Å². The summed E-state index contributed by atoms with van der Waals surface area (Å²) in [5, 5.41) is 5.37. The van der Waals surface area contributed by atoms with Crippen LogP contribution in [0.4, 0.5) is 0 Å². The molecule has 0 amide bonds. The lowest BCUT2D eigenvalue weighted by Crippen LogP contribution is -2.49. The SMILES string of the molecule is CCC(CC)(CNC1CC1)CN1CC(C)SC(C)C1. The van der Waals surface area contributed by atoms with Crippen LogP contribution in [-0.2, 0) is 0 Å². The molecule has 1 saturated carbocycles. The molecule has 112 valence electrons. The third-order valence-corrected chi connectivity index (χ3v) is 6.12. The largest absolute Gasteiger partial charge is 0.313 e. The Morgan fingerprint density at radius 3 is 2.16 bits per heavy atom. The second-order valence-electron chi connectivity index (χ2n) is 6.81. The Labute approximate surface area is 124 Å². The van der Waals surface area contributed by atoms with Crippen LogP contribution in [-0.4, -0.2) is 47.6 Å². The summed E-state index contributed by atoms with van der Waals surface area (Å²) in [6, 6.07) is 0.840. The molecule has 2 nitrogen and oxygen atoms in total. The van der Waals surface area contributed by atoms with Crippen LogP contribution >= 0.6 is 11.8 Å². The molecule has 0 bridgehead atoms. The minimum Gasteiger partial charge on any atom is -0.313 e. The van der Waals surface area contributed by atoms with Gasteiger partial charge in [0, 0.05) is 42.7 Å². The average Bonchev–Trinajstić information content (AvgIpc) is 3.17. The first kappa shape index (κ1) is 15.7. The van der Waals surface area contributed by atoms with Gasteiger partial charge in [0.1, 0.15) is 0 Å². The van der Waals surface area contributed by atoms with Crippen LogP contribution in [0.1, 0.15) is 53.4 Å². The zero-order chi connectivity index (χ0) is 13.9. The summed E-state index contributed by atoms with van der Waals surface area (Å²) < 4.78 is 0. The van der Waals surface area contributed by atoms with Gasteiger partial charge in [-0.3, -0.25) is 0 Å². The fourth-order valence-electron chi connectivity index (χ4n) is 3.32. The lowest BCUT2D eigenvalue weighted by molar-refractivity contribution is 0.132. The molecule has 1 saturated heterocycles. The minimum atomic E-state index is 0.490. The van der Waals surface area contributed by atoms with Crippen molar-refractivity contribution in [1.82, 2.24) is 10.2 Å². The summed E-state index contributed by atoms with van der Waals surface area (Å²) in [6.45, 7) is 14.6. The van der Waals surface area contributed by atoms with E-state index in [1.165, 1.54) is 51.9 Å². The van der Waals surface area contributed by atoms with Gasteiger partial charge in [0.2, 0.25) is 0 Å². The Morgan fingerprint density at radius 1 is 1.11 bits per heavy atom. The van der Waals surface area contributed by atoms with Crippen molar-refractivity contribution in [3.05, 3.63) is 0 Å². The van der Waals surface area contributed by atoms with Gasteiger partial charge in [-0.1, -0.05) is 27.7 Å². The molecule has 0 spiro atoms. The summed E-state index contributed by atoms with van der Waals surface area (Å²) >= 11 is 2.16. The van der Waals surface area contributed by atoms with Crippen LogP contribution in [0.3, 0.4) is 0 Å². The smallest absolute Gasteiger partial charge is 0.0149 e. The Morgan fingerprint density at radius 2 is 1.68 bits per heavy atom. The summed E-state index contributed by atoms with van der Waals surface area (Å²) in [5.41, 5.74) is 0.490. The maximum atomic E-state index is 3.78. The van der Waals surface area contributed by atoms with E-state index >= 15 is 0 Å². The van der Waals surface area contributed by atoms with E-state index in [4.69, 9.17) is 0 Å². The van der Waals surface area contributed by atoms with E-state index in [-0.39, 0.29) is 0 Å². The van der Waals surface area contributed by atoms with Crippen LogP contribution in [0.2, 0.25) is 0 Å². The number of hydrogen-bond donors (Lipinski definition) is 1. The number of nitrogens with one attached hydrogen (secondary N) is 1. The van der Waals surface area contributed by atoms with Crippen LogP contribution in [0, 0.1) is 5.41 Å². The molecule has 0 radical (unpaired) electrons. The van der Waals surface area contributed by atoms with Gasteiger partial charge in [-0.05, 0) is 31.1 Å². The molecule has 2 unspecified atom stereocenters. The van der Waals surface area contributed by atoms with Gasteiger partial charge in [-0.2, -0.15) is 11.8 Å². The van der Waals surface area contributed by atoms with Crippen molar-refractivity contribution in [3.63, 3.8) is 0 Å². The molecule has 19 heavy (non-hydrogen) atoms. The lowest BCUT2D eigenvalue weighted by Gasteiger charge is -2.42. The highest BCUT2D eigenvalue weighted by molar-refractivity contribution is 8.00. The van der Waals surface area contributed by atoms with Crippen molar-refractivity contribution in [2.24, 2.45) is 5.41 Å². The second kappa shape index (κ2) is 6.82. The molecule has 2 rings (SSSR count). The van der Waals surface area contributed by atoms with Crippen molar-refractivity contribution in [1.29, 1.82) is 0 Å². The predicted octanol–water partition coefficient (Wildman–Crippen LogP) is 3.37. The minimum absolute atomic E-state index is 0.490. The zero-order valence-corrected chi connectivity index (χ0v) is 14.1. The van der Waals surface area contributed by atoms with Gasteiger partial charge in [-0.25, -0.2) is 0 Å². The van der Waals surface area contributed by atoms with Crippen molar-refractivity contribution >= 4 is 11.8 Å². The molecule has 1 N–H and O–H groups in total. The van der Waals surface area contributed by atoms with Crippen molar-refractivity contribution in [2.45, 2.75) is 69.9 Å². The molecule has 0 aromatic carbocycles. The van der Waals surface area contributed by atoms with Gasteiger partial charge in [0.25, 0.3) is 0 Å². The highest BCUT2D eigenvalue weighted by Crippen LogP contribution is 2.32. The molecule has 2 fully saturated rings. The molecule has 1 heterocycles. The quantitative estimate of drug-likeness (QED) is 0.771. The fraction of sp³-hybridized carbons (Fsp3) is 1.00. The van der Waals surface area contributed by atoms with Crippen molar-refractivity contribution < 1.29 is 0 Å². The first-order valence-corrected chi connectivity index (χ1v) is 9.12. The normalized spacial score (nSPS) is 29.7. The summed E-state index contributed by atoms with van der Waals surface area (Å²) in [7, 11) is 0. The molecular weight excluding hydrogens is 252 g/mol. The Hall–Kier alpha value is 0.270. The number of nitrogens with zero attached hydrogens (tertiary/aromatic N) is 1. The van der Waals surface area contributed by atoms with Crippen LogP contribution in [0.5, 0.6) is 0 Å². The van der Waals surface area contributed by atoms with Crippen LogP contribution in [0.15, 0.2) is 0 Å². The average molecular weight is 285 g/mol. The molecule has 3 heteroatoms. The van der Waals surface area contributed by atoms with E-state index in [0.717, 1.165) is 16.5 Å². The summed E-state index contributed by atoms with van der Waals surface area (Å²) in [4.78, 5) is 2.73. The lowest BCUT2D eigenvalue weighted by atomic mass is 9.81. The van der Waals surface area contributed by atoms with Gasteiger partial charge in [0.15, 0.2) is 0 Å². The first-order valence-electron chi connectivity index (χ1n) is 8.18. The van der Waals surface area contributed by atoms with Gasteiger partial charge in [-0.15, -0.1) is 0 Å². The van der Waals surface area contributed by atoms with Gasteiger partial charge >= 0.3 is 0 Å². The third kappa shape index (κ3) is 4.64. The standard InChI is InChI=1S/C16H32N2S/c1-5-16(6-2,11-17-15-7-8-15)12-18-9-13(3)19-14(4)10-18/h13-15,17H,5-12H2,1-4H3. The molecule has 2 atom stereocenters. The van der Waals surface area contributed by atoms with E-state index in [2.05, 4.69) is 49.7 Å². The number of hydrogen-bond acceptors (Lipinski definition) is 3. The third-order valence-electron chi connectivity index (χ3n) is 4.90. The monoisotopic (exact) mass is 284 g/mol. The Balaban J connectivity index is 1.89. The highest BCUT2D eigenvalue weighted by Gasteiger charge is 2.33. The predicted molar refractivity (Wildman–Crippen MR) is 87.0 cm³/mol. The van der Waals surface area contributed by atoms with E-state index in [9.17, 15) is 0 Å². The molecule has 1 aliphatic carbocycles. The first-order chi connectivity index (χ1) is 9.07. The molecule has 1 aliphatic heterocycles. The zero-order valence-electron chi connectivity index (χ0n) is 13.2. The van der Waals surface area contributed by atoms with Crippen molar-refractivity contribution in [2.75, 3.05) is 26.2 Å². The number of rotatable bonds is 7. The topological polar surface area (TPSA) is 15.3 Å². The summed E-state index contributed by atoms with van der Waals surface area (Å²) in [6.07, 6.45) is 5.40. The van der Waals surface area contributed by atoms with Gasteiger partial charge < -0.3 is 10.2 Å². The molecule has 0 aromatic heterocycles. The van der Waals surface area contributed by atoms with E-state index in [1.54, 1.807) is 0 Å². The van der Waals surface area contributed by atoms with Crippen molar-refractivity contribution in [3.8, 4) is 0 Å². The summed E-state index contributed by atoms with van der Waals surface area (Å²) in [5.74, 6) is 0. The molecular formula is C16H32N2S. The van der Waals surface area contributed by atoms with E-state index in [0.29, 0.717) is 5.41 Å². The number of thioether (sulfide) groups is 1. The van der Waals surface area contributed by atoms with E-state index in [1.807, 2.05) is 0 Å². The maximum Gasteiger partial charge on any atom is 0.0149 e. The second-order valence-corrected chi connectivity index (χ2v) is 8.70. The molecule has 2 aliphatic rings. The Bertz CT molecular complexity index is 264. The highest BCUT2D eigenvalue weighted by atomic mass is 32.2. The van der Waals surface area contributed by atoms with Gasteiger partial charge in [0.05, 0.1) is 0 Å². The molecule has 0 aromatic rings. The Kier molecular flexibility index (Phi) is 5.62. The maximum absolute atomic E-state index is 3.78. The van der Waals surface area contributed by atoms with Crippen LogP contribution < -0.4 is 5.32 Å². The van der Waals surface area contributed by atoms with Crippen LogP contribution in [0.25, 0.3) is 0 Å².